The molecule has 1 aromatic carbocycles. The highest BCUT2D eigenvalue weighted by Crippen LogP contribution is 2.19. The molecule has 0 heterocycles. The molecule has 1 atom stereocenters. The maximum atomic E-state index is 10.3. The molecule has 1 rings (SSSR count). The van der Waals surface area contributed by atoms with E-state index in [0.717, 1.165) is 36.8 Å². The Kier molecular flexibility index (Phi) is 13.6. The van der Waals surface area contributed by atoms with Gasteiger partial charge in [-0.1, -0.05) is 31.9 Å². The minimum absolute atomic E-state index is 0. The van der Waals surface area contributed by atoms with Crippen LogP contribution in [0.1, 0.15) is 58.6 Å². The van der Waals surface area contributed by atoms with E-state index in [-0.39, 0.29) is 30.1 Å². The topological polar surface area (TPSA) is 65.9 Å². The zero-order chi connectivity index (χ0) is 17.8. The summed E-state index contributed by atoms with van der Waals surface area (Å²) in [5.74, 6) is 1.57. The van der Waals surface area contributed by atoms with Gasteiger partial charge in [-0.25, -0.2) is 0 Å². The summed E-state index contributed by atoms with van der Waals surface area (Å²) in [6.45, 7) is 10.2. The zero-order valence-corrected chi connectivity index (χ0v) is 18.2. The van der Waals surface area contributed by atoms with Crippen molar-refractivity contribution in [2.75, 3.05) is 19.6 Å². The number of aliphatic hydroxyl groups excluding tert-OH is 1. The smallest absolute Gasteiger partial charge is 0.191 e. The molecule has 25 heavy (non-hydrogen) atoms. The van der Waals surface area contributed by atoms with Crippen LogP contribution in [0.4, 0.5) is 0 Å². The van der Waals surface area contributed by atoms with Crippen LogP contribution in [0.3, 0.4) is 0 Å². The Morgan fingerprint density at radius 1 is 1.12 bits per heavy atom. The molecule has 0 amide bonds. The maximum absolute atomic E-state index is 10.3. The monoisotopic (exact) mass is 463 g/mol. The number of nitrogens with zero attached hydrogens (tertiary/aromatic N) is 1. The second-order valence-electron chi connectivity index (χ2n) is 6.10. The largest absolute Gasteiger partial charge is 0.491 e. The van der Waals surface area contributed by atoms with E-state index < -0.39 is 6.10 Å². The summed E-state index contributed by atoms with van der Waals surface area (Å²) >= 11 is 0. The third-order valence-corrected chi connectivity index (χ3v) is 3.48. The van der Waals surface area contributed by atoms with Crippen LogP contribution in [-0.4, -0.2) is 36.8 Å². The molecule has 1 unspecified atom stereocenters. The molecule has 0 aliphatic heterocycles. The molecule has 0 spiro atoms. The van der Waals surface area contributed by atoms with Gasteiger partial charge in [-0.05, 0) is 44.9 Å². The normalized spacial score (nSPS) is 12.5. The van der Waals surface area contributed by atoms with E-state index in [9.17, 15) is 5.11 Å². The fraction of sp³-hybridized carbons (Fsp3) is 0.632. The van der Waals surface area contributed by atoms with Crippen LogP contribution in [0, 0.1) is 0 Å². The predicted octanol–water partition coefficient (Wildman–Crippen LogP) is 3.87. The van der Waals surface area contributed by atoms with E-state index in [1.165, 1.54) is 12.8 Å². The Morgan fingerprint density at radius 2 is 1.80 bits per heavy atom. The van der Waals surface area contributed by atoms with Gasteiger partial charge in [-0.15, -0.1) is 24.0 Å². The van der Waals surface area contributed by atoms with Gasteiger partial charge >= 0.3 is 0 Å². The van der Waals surface area contributed by atoms with Crippen molar-refractivity contribution in [2.24, 2.45) is 4.99 Å². The Balaban J connectivity index is 0.00000576. The van der Waals surface area contributed by atoms with Crippen LogP contribution in [0.2, 0.25) is 0 Å². The zero-order valence-electron chi connectivity index (χ0n) is 15.9. The Morgan fingerprint density at radius 3 is 2.36 bits per heavy atom. The van der Waals surface area contributed by atoms with Crippen LogP contribution < -0.4 is 15.4 Å². The van der Waals surface area contributed by atoms with Gasteiger partial charge in [-0.3, -0.25) is 4.99 Å². The van der Waals surface area contributed by atoms with Gasteiger partial charge in [0.25, 0.3) is 0 Å². The molecular weight excluding hydrogens is 429 g/mol. The highest BCUT2D eigenvalue weighted by molar-refractivity contribution is 14.0. The number of guanidine groups is 1. The Labute approximate surface area is 169 Å². The van der Waals surface area contributed by atoms with Gasteiger partial charge in [0.05, 0.1) is 18.8 Å². The minimum atomic E-state index is -0.621. The highest BCUT2D eigenvalue weighted by Gasteiger charge is 2.08. The number of aliphatic imine (C=N–C) groups is 1. The Hall–Kier alpha value is -1.02. The second-order valence-corrected chi connectivity index (χ2v) is 6.10. The average molecular weight is 463 g/mol. The summed E-state index contributed by atoms with van der Waals surface area (Å²) < 4.78 is 5.61. The highest BCUT2D eigenvalue weighted by atomic mass is 127. The van der Waals surface area contributed by atoms with Crippen molar-refractivity contribution >= 4 is 29.9 Å². The van der Waals surface area contributed by atoms with Crippen molar-refractivity contribution in [1.82, 2.24) is 10.6 Å². The number of nitrogens with one attached hydrogen (secondary N) is 2. The van der Waals surface area contributed by atoms with Crippen molar-refractivity contribution in [3.63, 3.8) is 0 Å². The van der Waals surface area contributed by atoms with Crippen molar-refractivity contribution < 1.29 is 9.84 Å². The first-order chi connectivity index (χ1) is 11.6. The molecule has 0 saturated heterocycles. The minimum Gasteiger partial charge on any atom is -0.491 e. The van der Waals surface area contributed by atoms with Crippen LogP contribution in [-0.2, 0) is 0 Å². The standard InChI is InChI=1S/C19H33N3O2.HI/c1-5-7-8-13-21-19(20-6-2)22-14-18(23)16-9-11-17(12-10-16)24-15(3)4;/h9-12,15,18,23H,5-8,13-14H2,1-4H3,(H2,20,21,22);1H. The molecular formula is C19H34IN3O2. The molecule has 144 valence electrons. The van der Waals surface area contributed by atoms with Crippen LogP contribution in [0.5, 0.6) is 5.75 Å². The van der Waals surface area contributed by atoms with E-state index >= 15 is 0 Å². The molecule has 6 heteroatoms. The van der Waals surface area contributed by atoms with Crippen LogP contribution in [0.25, 0.3) is 0 Å². The summed E-state index contributed by atoms with van der Waals surface area (Å²) in [7, 11) is 0. The van der Waals surface area contributed by atoms with E-state index in [1.54, 1.807) is 0 Å². The number of aliphatic hydroxyl groups is 1. The quantitative estimate of drug-likeness (QED) is 0.213. The molecule has 0 saturated carbocycles. The van der Waals surface area contributed by atoms with Gasteiger partial charge in [0.15, 0.2) is 5.96 Å². The van der Waals surface area contributed by atoms with Crippen molar-refractivity contribution in [1.29, 1.82) is 0 Å². The van der Waals surface area contributed by atoms with Gasteiger partial charge < -0.3 is 20.5 Å². The number of hydrogen-bond donors (Lipinski definition) is 3. The third kappa shape index (κ3) is 10.5. The summed E-state index contributed by atoms with van der Waals surface area (Å²) in [6.07, 6.45) is 3.06. The van der Waals surface area contributed by atoms with Crippen molar-refractivity contribution in [2.45, 2.75) is 59.2 Å². The maximum Gasteiger partial charge on any atom is 0.191 e. The number of unbranched alkanes of at least 4 members (excludes halogenated alkanes) is 2. The molecule has 0 aromatic heterocycles. The number of halogens is 1. The summed E-state index contributed by atoms with van der Waals surface area (Å²) in [4.78, 5) is 4.47. The molecule has 0 bridgehead atoms. The van der Waals surface area contributed by atoms with Gasteiger partial charge in [0, 0.05) is 13.1 Å². The van der Waals surface area contributed by atoms with E-state index in [1.807, 2.05) is 45.0 Å². The number of ether oxygens (including phenoxy) is 1. The first kappa shape index (κ1) is 24.0. The van der Waals surface area contributed by atoms with Crippen LogP contribution >= 0.6 is 24.0 Å². The lowest BCUT2D eigenvalue weighted by Crippen LogP contribution is -2.38. The van der Waals surface area contributed by atoms with Crippen LogP contribution in [0.15, 0.2) is 29.3 Å². The van der Waals surface area contributed by atoms with Gasteiger partial charge in [-0.2, -0.15) is 0 Å². The number of rotatable bonds is 10. The lowest BCUT2D eigenvalue weighted by atomic mass is 10.1. The van der Waals surface area contributed by atoms with E-state index in [0.29, 0.717) is 6.54 Å². The van der Waals surface area contributed by atoms with E-state index in [4.69, 9.17) is 4.74 Å². The summed E-state index contributed by atoms with van der Waals surface area (Å²) in [6, 6.07) is 7.55. The molecule has 0 fully saturated rings. The Bertz CT molecular complexity index is 478. The average Bonchev–Trinajstić information content (AvgIpc) is 2.56. The van der Waals surface area contributed by atoms with Crippen molar-refractivity contribution in [3.05, 3.63) is 29.8 Å². The molecule has 0 aliphatic rings. The predicted molar refractivity (Wildman–Crippen MR) is 116 cm³/mol. The third-order valence-electron chi connectivity index (χ3n) is 3.48. The molecule has 0 aliphatic carbocycles. The summed E-state index contributed by atoms with van der Waals surface area (Å²) in [5, 5.41) is 16.8. The molecule has 3 N–H and O–H groups in total. The fourth-order valence-electron chi connectivity index (χ4n) is 2.25. The first-order valence-electron chi connectivity index (χ1n) is 9.03. The SMILES string of the molecule is CCCCCNC(=NCC(O)c1ccc(OC(C)C)cc1)NCC.I. The lowest BCUT2D eigenvalue weighted by Gasteiger charge is -2.14. The number of benzene rings is 1. The second kappa shape index (κ2) is 14.2. The van der Waals surface area contributed by atoms with Gasteiger partial charge in [0.1, 0.15) is 5.75 Å². The lowest BCUT2D eigenvalue weighted by molar-refractivity contribution is 0.186. The van der Waals surface area contributed by atoms with E-state index in [2.05, 4.69) is 22.5 Å². The number of hydrogen-bond acceptors (Lipinski definition) is 3. The molecule has 1 aromatic rings. The summed E-state index contributed by atoms with van der Waals surface area (Å²) in [5.41, 5.74) is 0.844. The van der Waals surface area contributed by atoms with Crippen molar-refractivity contribution in [3.8, 4) is 5.75 Å². The fourth-order valence-corrected chi connectivity index (χ4v) is 2.25. The van der Waals surface area contributed by atoms with Gasteiger partial charge in [0.2, 0.25) is 0 Å². The first-order valence-corrected chi connectivity index (χ1v) is 9.03. The molecule has 5 nitrogen and oxygen atoms in total. The molecule has 0 radical (unpaired) electrons.